The molecule has 1 atom stereocenters. The van der Waals surface area contributed by atoms with Gasteiger partial charge < -0.3 is 4.74 Å². The van der Waals surface area contributed by atoms with Gasteiger partial charge in [-0.3, -0.25) is 4.79 Å². The van der Waals surface area contributed by atoms with Crippen molar-refractivity contribution in [2.75, 3.05) is 13.2 Å². The Labute approximate surface area is 168 Å². The van der Waals surface area contributed by atoms with E-state index in [-0.39, 0.29) is 12.4 Å². The number of benzene rings is 3. The molecule has 0 aliphatic heterocycles. The lowest BCUT2D eigenvalue weighted by molar-refractivity contribution is 0.0736. The van der Waals surface area contributed by atoms with Crippen molar-refractivity contribution in [3.63, 3.8) is 0 Å². The van der Waals surface area contributed by atoms with Gasteiger partial charge in [0.05, 0.1) is 0 Å². The zero-order valence-corrected chi connectivity index (χ0v) is 17.2. The second-order valence-electron chi connectivity index (χ2n) is 7.92. The molecule has 0 radical (unpaired) electrons. The SMILES string of the molecule is CC(C)=CCCC(C)CCOCC(=O)c1cc2ccccc2c2ccccc12. The van der Waals surface area contributed by atoms with Crippen LogP contribution in [0.1, 0.15) is 50.4 Å². The minimum Gasteiger partial charge on any atom is -0.373 e. The lowest BCUT2D eigenvalue weighted by Crippen LogP contribution is -2.12. The Balaban J connectivity index is 1.63. The van der Waals surface area contributed by atoms with Crippen LogP contribution in [0.2, 0.25) is 0 Å². The van der Waals surface area contributed by atoms with Crippen LogP contribution in [0.25, 0.3) is 21.5 Å². The van der Waals surface area contributed by atoms with Crippen LogP contribution < -0.4 is 0 Å². The van der Waals surface area contributed by atoms with Gasteiger partial charge in [-0.2, -0.15) is 0 Å². The standard InChI is InChI=1S/C26H30O2/c1-19(2)9-8-10-20(3)15-16-28-18-26(27)25-17-21-11-4-5-12-22(21)23-13-6-7-14-24(23)25/h4-7,9,11-14,17,20H,8,10,15-16,18H2,1-3H3. The third-order valence-corrected chi connectivity index (χ3v) is 5.27. The maximum Gasteiger partial charge on any atom is 0.189 e. The van der Waals surface area contributed by atoms with E-state index < -0.39 is 0 Å². The van der Waals surface area contributed by atoms with Gasteiger partial charge in [0.15, 0.2) is 5.78 Å². The minimum absolute atomic E-state index is 0.0548. The summed E-state index contributed by atoms with van der Waals surface area (Å²) < 4.78 is 5.74. The fraction of sp³-hybridized carbons (Fsp3) is 0.346. The van der Waals surface area contributed by atoms with E-state index in [2.05, 4.69) is 45.0 Å². The molecule has 0 aliphatic rings. The van der Waals surface area contributed by atoms with E-state index in [4.69, 9.17) is 4.74 Å². The molecule has 146 valence electrons. The third kappa shape index (κ3) is 5.08. The topological polar surface area (TPSA) is 26.3 Å². The number of allylic oxidation sites excluding steroid dienone is 2. The van der Waals surface area contributed by atoms with Crippen molar-refractivity contribution in [1.82, 2.24) is 0 Å². The number of hydrogen-bond donors (Lipinski definition) is 0. The van der Waals surface area contributed by atoms with Crippen molar-refractivity contribution in [3.8, 4) is 0 Å². The molecule has 0 fully saturated rings. The van der Waals surface area contributed by atoms with Crippen LogP contribution in [0.4, 0.5) is 0 Å². The number of carbonyl (C=O) groups is 1. The predicted octanol–water partition coefficient (Wildman–Crippen LogP) is 6.96. The van der Waals surface area contributed by atoms with Gasteiger partial charge in [0, 0.05) is 12.2 Å². The van der Waals surface area contributed by atoms with Crippen LogP contribution in [0.3, 0.4) is 0 Å². The van der Waals surface area contributed by atoms with Gasteiger partial charge in [-0.1, -0.05) is 67.1 Å². The quantitative estimate of drug-likeness (QED) is 0.175. The molecule has 0 saturated carbocycles. The number of Topliss-reactive ketones (excluding diaryl/α,β-unsaturated/α-hetero) is 1. The lowest BCUT2D eigenvalue weighted by atomic mass is 9.95. The smallest absolute Gasteiger partial charge is 0.189 e. The van der Waals surface area contributed by atoms with E-state index in [0.717, 1.165) is 41.0 Å². The van der Waals surface area contributed by atoms with E-state index in [0.29, 0.717) is 12.5 Å². The molecule has 0 spiro atoms. The highest BCUT2D eigenvalue weighted by Gasteiger charge is 2.13. The molecule has 3 aromatic rings. The average molecular weight is 375 g/mol. The highest BCUT2D eigenvalue weighted by Crippen LogP contribution is 2.29. The fourth-order valence-electron chi connectivity index (χ4n) is 3.61. The van der Waals surface area contributed by atoms with Crippen molar-refractivity contribution in [2.24, 2.45) is 5.92 Å². The summed E-state index contributed by atoms with van der Waals surface area (Å²) in [6, 6.07) is 18.4. The summed E-state index contributed by atoms with van der Waals surface area (Å²) in [6.45, 7) is 7.29. The molecule has 3 aromatic carbocycles. The van der Waals surface area contributed by atoms with Crippen molar-refractivity contribution in [2.45, 2.75) is 40.0 Å². The van der Waals surface area contributed by atoms with Crippen LogP contribution in [-0.2, 0) is 4.74 Å². The monoisotopic (exact) mass is 374 g/mol. The molecule has 0 N–H and O–H groups in total. The van der Waals surface area contributed by atoms with E-state index >= 15 is 0 Å². The zero-order valence-electron chi connectivity index (χ0n) is 17.2. The van der Waals surface area contributed by atoms with E-state index in [1.54, 1.807) is 0 Å². The Kier molecular flexibility index (Phi) is 7.00. The number of rotatable bonds is 9. The van der Waals surface area contributed by atoms with Gasteiger partial charge in [-0.25, -0.2) is 0 Å². The van der Waals surface area contributed by atoms with Gasteiger partial charge in [-0.15, -0.1) is 0 Å². The minimum atomic E-state index is 0.0548. The molecular weight excluding hydrogens is 344 g/mol. The van der Waals surface area contributed by atoms with Gasteiger partial charge in [-0.05, 0) is 66.6 Å². The van der Waals surface area contributed by atoms with E-state index in [1.807, 2.05) is 36.4 Å². The van der Waals surface area contributed by atoms with Crippen LogP contribution in [-0.4, -0.2) is 19.0 Å². The molecule has 0 bridgehead atoms. The Bertz CT molecular complexity index is 980. The van der Waals surface area contributed by atoms with E-state index in [9.17, 15) is 4.79 Å². The van der Waals surface area contributed by atoms with Crippen molar-refractivity contribution >= 4 is 27.3 Å². The first-order valence-electron chi connectivity index (χ1n) is 10.2. The molecule has 28 heavy (non-hydrogen) atoms. The number of ether oxygens (including phenoxy) is 1. The molecule has 0 aliphatic carbocycles. The van der Waals surface area contributed by atoms with E-state index in [1.165, 1.54) is 11.0 Å². The highest BCUT2D eigenvalue weighted by atomic mass is 16.5. The normalized spacial score (nSPS) is 12.2. The summed E-state index contributed by atoms with van der Waals surface area (Å²) >= 11 is 0. The first kappa shape index (κ1) is 20.3. The van der Waals surface area contributed by atoms with Crippen LogP contribution in [0.15, 0.2) is 66.2 Å². The Morgan fingerprint density at radius 2 is 1.64 bits per heavy atom. The van der Waals surface area contributed by atoms with Gasteiger partial charge in [0.1, 0.15) is 6.61 Å². The molecule has 0 heterocycles. The largest absolute Gasteiger partial charge is 0.373 e. The fourth-order valence-corrected chi connectivity index (χ4v) is 3.61. The third-order valence-electron chi connectivity index (χ3n) is 5.27. The summed E-state index contributed by atoms with van der Waals surface area (Å²) in [5.41, 5.74) is 2.13. The first-order chi connectivity index (χ1) is 13.6. The number of hydrogen-bond acceptors (Lipinski definition) is 2. The average Bonchev–Trinajstić information content (AvgIpc) is 2.70. The lowest BCUT2D eigenvalue weighted by Gasteiger charge is -2.12. The second kappa shape index (κ2) is 9.66. The zero-order chi connectivity index (χ0) is 19.9. The molecule has 2 heteroatoms. The highest BCUT2D eigenvalue weighted by molar-refractivity contribution is 6.17. The first-order valence-corrected chi connectivity index (χ1v) is 10.2. The summed E-state index contributed by atoms with van der Waals surface area (Å²) in [4.78, 5) is 12.9. The molecule has 0 amide bonds. The number of fused-ring (bicyclic) bond motifs is 3. The molecule has 1 unspecified atom stereocenters. The van der Waals surface area contributed by atoms with Crippen LogP contribution >= 0.6 is 0 Å². The van der Waals surface area contributed by atoms with Crippen LogP contribution in [0.5, 0.6) is 0 Å². The predicted molar refractivity (Wildman–Crippen MR) is 119 cm³/mol. The Morgan fingerprint density at radius 1 is 0.964 bits per heavy atom. The maximum atomic E-state index is 12.9. The second-order valence-corrected chi connectivity index (χ2v) is 7.92. The molecule has 3 rings (SSSR count). The maximum absolute atomic E-state index is 12.9. The van der Waals surface area contributed by atoms with Gasteiger partial charge in [0.25, 0.3) is 0 Å². The summed E-state index contributed by atoms with van der Waals surface area (Å²) in [5, 5.41) is 4.40. The Morgan fingerprint density at radius 3 is 2.39 bits per heavy atom. The van der Waals surface area contributed by atoms with Gasteiger partial charge in [0.2, 0.25) is 0 Å². The van der Waals surface area contributed by atoms with Gasteiger partial charge >= 0.3 is 0 Å². The van der Waals surface area contributed by atoms with Crippen molar-refractivity contribution in [3.05, 3.63) is 71.8 Å². The molecule has 2 nitrogen and oxygen atoms in total. The number of ketones is 1. The summed E-state index contributed by atoms with van der Waals surface area (Å²) in [5.74, 6) is 0.659. The molecular formula is C26H30O2. The Hall–Kier alpha value is -2.45. The summed E-state index contributed by atoms with van der Waals surface area (Å²) in [7, 11) is 0. The van der Waals surface area contributed by atoms with Crippen molar-refractivity contribution < 1.29 is 9.53 Å². The van der Waals surface area contributed by atoms with Crippen molar-refractivity contribution in [1.29, 1.82) is 0 Å². The molecule has 0 aromatic heterocycles. The molecule has 0 saturated heterocycles. The summed E-state index contributed by atoms with van der Waals surface area (Å²) in [6.07, 6.45) is 5.55. The van der Waals surface area contributed by atoms with Crippen LogP contribution in [0, 0.1) is 5.92 Å². The number of carbonyl (C=O) groups excluding carboxylic acids is 1.